The van der Waals surface area contributed by atoms with Crippen molar-refractivity contribution in [3.63, 3.8) is 0 Å². The van der Waals surface area contributed by atoms with E-state index in [1.54, 1.807) is 24.9 Å². The number of nitrogens with zero attached hydrogens (tertiary/aromatic N) is 2. The minimum atomic E-state index is -0.757. The molecule has 0 aromatic carbocycles. The summed E-state index contributed by atoms with van der Waals surface area (Å²) in [7, 11) is 0. The highest BCUT2D eigenvalue weighted by atomic mass is 79.9. The van der Waals surface area contributed by atoms with Gasteiger partial charge in [-0.15, -0.1) is 0 Å². The van der Waals surface area contributed by atoms with Crippen LogP contribution in [0.5, 0.6) is 0 Å². The molecule has 1 N–H and O–H groups in total. The number of halogens is 1. The summed E-state index contributed by atoms with van der Waals surface area (Å²) in [6.07, 6.45) is 6.59. The van der Waals surface area contributed by atoms with E-state index < -0.39 is 6.10 Å². The molecule has 5 heteroatoms. The summed E-state index contributed by atoms with van der Waals surface area (Å²) in [4.78, 5) is 4.09. The highest BCUT2D eigenvalue weighted by Crippen LogP contribution is 2.38. The Morgan fingerprint density at radius 1 is 1.56 bits per heavy atom. The lowest BCUT2D eigenvalue weighted by molar-refractivity contribution is 0.179. The number of rotatable bonds is 3. The van der Waals surface area contributed by atoms with E-state index >= 15 is 0 Å². The van der Waals surface area contributed by atoms with E-state index in [0.717, 1.165) is 23.0 Å². The second kappa shape index (κ2) is 3.75. The molecular formula is C11H11BrN2O2. The number of hydrogen-bond acceptors (Lipinski definition) is 3. The molecule has 2 aromatic heterocycles. The van der Waals surface area contributed by atoms with Crippen LogP contribution in [0.4, 0.5) is 0 Å². The molecule has 0 radical (unpaired) electrons. The summed E-state index contributed by atoms with van der Waals surface area (Å²) in [5.74, 6) is 0.530. The fourth-order valence-electron chi connectivity index (χ4n) is 1.82. The summed E-state index contributed by atoms with van der Waals surface area (Å²) in [5.41, 5.74) is 0.790. The maximum Gasteiger partial charge on any atom is 0.154 e. The zero-order valence-corrected chi connectivity index (χ0v) is 10.1. The Morgan fingerprint density at radius 3 is 3.00 bits per heavy atom. The largest absolute Gasteiger partial charge is 0.465 e. The Kier molecular flexibility index (Phi) is 2.37. The van der Waals surface area contributed by atoms with E-state index in [4.69, 9.17) is 4.42 Å². The predicted molar refractivity (Wildman–Crippen MR) is 61.0 cm³/mol. The first-order valence-corrected chi connectivity index (χ1v) is 5.99. The van der Waals surface area contributed by atoms with Crippen LogP contribution in [-0.2, 0) is 0 Å². The molecule has 3 rings (SSSR count). The highest BCUT2D eigenvalue weighted by molar-refractivity contribution is 9.10. The van der Waals surface area contributed by atoms with Crippen LogP contribution in [0.3, 0.4) is 0 Å². The van der Waals surface area contributed by atoms with Crippen molar-refractivity contribution in [3.8, 4) is 0 Å². The van der Waals surface area contributed by atoms with Gasteiger partial charge in [-0.3, -0.25) is 0 Å². The van der Waals surface area contributed by atoms with Gasteiger partial charge in [0.2, 0.25) is 0 Å². The maximum atomic E-state index is 10.2. The van der Waals surface area contributed by atoms with Crippen LogP contribution in [0.15, 0.2) is 33.7 Å². The van der Waals surface area contributed by atoms with E-state index in [1.807, 2.05) is 4.57 Å². The molecule has 0 aliphatic heterocycles. The number of aromatic nitrogens is 2. The average molecular weight is 283 g/mol. The third-order valence-electron chi connectivity index (χ3n) is 2.81. The van der Waals surface area contributed by atoms with Crippen molar-refractivity contribution in [1.82, 2.24) is 9.55 Å². The first kappa shape index (κ1) is 10.1. The van der Waals surface area contributed by atoms with Crippen LogP contribution in [0.1, 0.15) is 36.4 Å². The molecule has 0 amide bonds. The third kappa shape index (κ3) is 1.60. The quantitative estimate of drug-likeness (QED) is 0.942. The minimum Gasteiger partial charge on any atom is -0.465 e. The Morgan fingerprint density at radius 2 is 2.38 bits per heavy atom. The molecule has 1 aliphatic rings. The van der Waals surface area contributed by atoms with E-state index in [9.17, 15) is 5.11 Å². The molecule has 0 spiro atoms. The van der Waals surface area contributed by atoms with Crippen LogP contribution in [0, 0.1) is 0 Å². The second-order valence-corrected chi connectivity index (χ2v) is 4.85. The smallest absolute Gasteiger partial charge is 0.154 e. The van der Waals surface area contributed by atoms with Gasteiger partial charge in [0.15, 0.2) is 11.9 Å². The third-order valence-corrected chi connectivity index (χ3v) is 3.46. The number of imidazole rings is 1. The van der Waals surface area contributed by atoms with E-state index in [-0.39, 0.29) is 0 Å². The topological polar surface area (TPSA) is 51.2 Å². The number of aliphatic hydroxyl groups is 1. The molecule has 2 aromatic rings. The molecule has 84 valence electrons. The van der Waals surface area contributed by atoms with Crippen LogP contribution in [0.2, 0.25) is 0 Å². The zero-order valence-electron chi connectivity index (χ0n) is 8.51. The summed E-state index contributed by atoms with van der Waals surface area (Å²) in [6, 6.07) is 2.28. The molecule has 2 heterocycles. The molecule has 1 atom stereocenters. The van der Waals surface area contributed by atoms with Gasteiger partial charge in [0.25, 0.3) is 0 Å². The first-order valence-electron chi connectivity index (χ1n) is 5.20. The van der Waals surface area contributed by atoms with E-state index in [0.29, 0.717) is 11.8 Å². The van der Waals surface area contributed by atoms with Gasteiger partial charge in [-0.1, -0.05) is 0 Å². The second-order valence-electron chi connectivity index (χ2n) is 3.99. The van der Waals surface area contributed by atoms with Crippen LogP contribution in [-0.4, -0.2) is 14.7 Å². The van der Waals surface area contributed by atoms with Crippen molar-refractivity contribution < 1.29 is 9.52 Å². The van der Waals surface area contributed by atoms with Gasteiger partial charge in [0.05, 0.1) is 29.0 Å². The van der Waals surface area contributed by atoms with Crippen LogP contribution < -0.4 is 0 Å². The van der Waals surface area contributed by atoms with Gasteiger partial charge < -0.3 is 14.1 Å². The Labute approximate surface area is 101 Å². The minimum absolute atomic E-state index is 0.501. The van der Waals surface area contributed by atoms with Gasteiger partial charge in [0, 0.05) is 6.04 Å². The van der Waals surface area contributed by atoms with Crippen molar-refractivity contribution in [2.45, 2.75) is 25.0 Å². The summed E-state index contributed by atoms with van der Waals surface area (Å²) in [6.45, 7) is 0. The molecule has 1 saturated carbocycles. The van der Waals surface area contributed by atoms with Gasteiger partial charge in [0.1, 0.15) is 0 Å². The van der Waals surface area contributed by atoms with Crippen molar-refractivity contribution in [2.75, 3.05) is 0 Å². The van der Waals surface area contributed by atoms with Crippen molar-refractivity contribution in [1.29, 1.82) is 0 Å². The number of furan rings is 1. The lowest BCUT2D eigenvalue weighted by Gasteiger charge is -2.11. The fraction of sp³-hybridized carbons (Fsp3) is 0.364. The van der Waals surface area contributed by atoms with Crippen molar-refractivity contribution >= 4 is 15.9 Å². The highest BCUT2D eigenvalue weighted by Gasteiger charge is 2.29. The molecule has 1 fully saturated rings. The molecule has 16 heavy (non-hydrogen) atoms. The Bertz CT molecular complexity index is 502. The normalized spacial score (nSPS) is 17.6. The number of aliphatic hydroxyl groups excluding tert-OH is 1. The van der Waals surface area contributed by atoms with E-state index in [2.05, 4.69) is 20.9 Å². The Balaban J connectivity index is 1.97. The summed E-state index contributed by atoms with van der Waals surface area (Å²) >= 11 is 3.35. The predicted octanol–water partition coefficient (Wildman–Crippen LogP) is 2.66. The van der Waals surface area contributed by atoms with Crippen molar-refractivity contribution in [3.05, 3.63) is 40.8 Å². The molecule has 4 nitrogen and oxygen atoms in total. The van der Waals surface area contributed by atoms with Crippen molar-refractivity contribution in [2.24, 2.45) is 0 Å². The SMILES string of the molecule is OC(c1occc1Br)c1cncn1C1CC1. The standard InChI is InChI=1S/C11H11BrN2O2/c12-8-3-4-16-11(8)10(15)9-5-13-6-14(9)7-1-2-7/h3-7,10,15H,1-2H2. The molecular weight excluding hydrogens is 272 g/mol. The van der Waals surface area contributed by atoms with Gasteiger partial charge in [-0.25, -0.2) is 4.98 Å². The van der Waals surface area contributed by atoms with Gasteiger partial charge in [-0.2, -0.15) is 0 Å². The van der Waals surface area contributed by atoms with Gasteiger partial charge >= 0.3 is 0 Å². The fourth-order valence-corrected chi connectivity index (χ4v) is 2.24. The van der Waals surface area contributed by atoms with Gasteiger partial charge in [-0.05, 0) is 34.8 Å². The molecule has 0 bridgehead atoms. The average Bonchev–Trinajstić information content (AvgIpc) is 2.85. The monoisotopic (exact) mass is 282 g/mol. The van der Waals surface area contributed by atoms with E-state index in [1.165, 1.54) is 0 Å². The lowest BCUT2D eigenvalue weighted by Crippen LogP contribution is -2.06. The lowest BCUT2D eigenvalue weighted by atomic mass is 10.2. The van der Waals surface area contributed by atoms with Crippen LogP contribution >= 0.6 is 15.9 Å². The molecule has 1 unspecified atom stereocenters. The zero-order chi connectivity index (χ0) is 11.1. The number of hydrogen-bond donors (Lipinski definition) is 1. The Hall–Kier alpha value is -1.07. The molecule has 1 aliphatic carbocycles. The maximum absolute atomic E-state index is 10.2. The summed E-state index contributed by atoms with van der Waals surface area (Å²) < 4.78 is 8.08. The molecule has 0 saturated heterocycles. The van der Waals surface area contributed by atoms with Crippen LogP contribution in [0.25, 0.3) is 0 Å². The first-order chi connectivity index (χ1) is 7.77. The summed E-state index contributed by atoms with van der Waals surface area (Å²) in [5, 5.41) is 10.2.